The van der Waals surface area contributed by atoms with E-state index in [-0.39, 0.29) is 11.9 Å². The fraction of sp³-hybridized carbons (Fsp3) is 0.273. The fourth-order valence-corrected chi connectivity index (χ4v) is 2.84. The minimum Gasteiger partial charge on any atom is -0.490 e. The van der Waals surface area contributed by atoms with E-state index in [9.17, 15) is 4.39 Å². The van der Waals surface area contributed by atoms with Gasteiger partial charge in [-0.15, -0.1) is 0 Å². The van der Waals surface area contributed by atoms with Gasteiger partial charge in [-0.25, -0.2) is 4.39 Å². The maximum absolute atomic E-state index is 13.0. The molecule has 1 N–H and O–H groups in total. The van der Waals surface area contributed by atoms with Crippen molar-refractivity contribution in [3.05, 3.63) is 77.6 Å². The first-order valence-corrected chi connectivity index (χ1v) is 8.80. The lowest BCUT2D eigenvalue weighted by molar-refractivity contribution is 0.215. The van der Waals surface area contributed by atoms with E-state index in [0.717, 1.165) is 17.7 Å². The first-order chi connectivity index (χ1) is 12.2. The molecule has 0 aliphatic rings. The summed E-state index contributed by atoms with van der Waals surface area (Å²) in [5, 5.41) is 5.87. The van der Waals surface area contributed by atoms with Crippen LogP contribution in [0.1, 0.15) is 31.4 Å². The lowest BCUT2D eigenvalue weighted by Gasteiger charge is -2.18. The molecule has 0 aliphatic carbocycles. The van der Waals surface area contributed by atoms with Crippen molar-refractivity contribution in [3.63, 3.8) is 0 Å². The highest BCUT2D eigenvalue weighted by Crippen LogP contribution is 2.29. The molecule has 0 fully saturated rings. The molecule has 0 amide bonds. The average molecular weight is 337 g/mol. The lowest BCUT2D eigenvalue weighted by atomic mass is 10.0. The molecule has 3 rings (SSSR count). The molecular weight excluding hydrogens is 313 g/mol. The molecule has 130 valence electrons. The zero-order valence-electron chi connectivity index (χ0n) is 14.8. The van der Waals surface area contributed by atoms with E-state index >= 15 is 0 Å². The van der Waals surface area contributed by atoms with Gasteiger partial charge in [0.1, 0.15) is 11.6 Å². The number of halogens is 1. The maximum atomic E-state index is 13.0. The molecule has 1 atom stereocenters. The third kappa shape index (κ3) is 4.37. The number of fused-ring (bicyclic) bond motifs is 1. The highest BCUT2D eigenvalue weighted by molar-refractivity contribution is 5.87. The monoisotopic (exact) mass is 337 g/mol. The van der Waals surface area contributed by atoms with Crippen LogP contribution in [0.2, 0.25) is 0 Å². The summed E-state index contributed by atoms with van der Waals surface area (Å²) in [5.41, 5.74) is 2.23. The Bertz CT molecular complexity index is 829. The van der Waals surface area contributed by atoms with Gasteiger partial charge in [-0.3, -0.25) is 0 Å². The van der Waals surface area contributed by atoms with E-state index < -0.39 is 0 Å². The molecule has 3 aromatic rings. The van der Waals surface area contributed by atoms with Gasteiger partial charge in [0.05, 0.1) is 6.10 Å². The van der Waals surface area contributed by atoms with Gasteiger partial charge in [-0.2, -0.15) is 0 Å². The standard InChI is InChI=1S/C22H24FNO/c1-3-16(2)25-22-13-10-18-6-4-5-7-20(18)21(22)15-24-14-17-8-11-19(23)12-9-17/h4-13,16,24H,3,14-15H2,1-2H3. The minimum atomic E-state index is -0.206. The third-order valence-electron chi connectivity index (χ3n) is 4.44. The van der Waals surface area contributed by atoms with Crippen LogP contribution in [0.25, 0.3) is 10.8 Å². The number of benzene rings is 3. The SMILES string of the molecule is CCC(C)Oc1ccc2ccccc2c1CNCc1ccc(F)cc1. The molecule has 3 aromatic carbocycles. The van der Waals surface area contributed by atoms with Crippen molar-refractivity contribution in [3.8, 4) is 5.75 Å². The maximum Gasteiger partial charge on any atom is 0.124 e. The van der Waals surface area contributed by atoms with Gasteiger partial charge in [0.25, 0.3) is 0 Å². The van der Waals surface area contributed by atoms with E-state index in [0.29, 0.717) is 13.1 Å². The molecule has 25 heavy (non-hydrogen) atoms. The summed E-state index contributed by atoms with van der Waals surface area (Å²) in [6.07, 6.45) is 1.15. The Hall–Kier alpha value is -2.39. The zero-order chi connectivity index (χ0) is 17.6. The number of nitrogens with one attached hydrogen (secondary N) is 1. The van der Waals surface area contributed by atoms with E-state index in [2.05, 4.69) is 49.5 Å². The first-order valence-electron chi connectivity index (χ1n) is 8.80. The van der Waals surface area contributed by atoms with Gasteiger partial charge in [0.2, 0.25) is 0 Å². The quantitative estimate of drug-likeness (QED) is 0.619. The van der Waals surface area contributed by atoms with Crippen molar-refractivity contribution in [2.24, 2.45) is 0 Å². The highest BCUT2D eigenvalue weighted by Gasteiger charge is 2.11. The summed E-state index contributed by atoms with van der Waals surface area (Å²) < 4.78 is 19.2. The number of ether oxygens (including phenoxy) is 1. The second-order valence-electron chi connectivity index (χ2n) is 6.33. The molecule has 0 heterocycles. The van der Waals surface area contributed by atoms with Gasteiger partial charge in [-0.1, -0.05) is 49.4 Å². The summed E-state index contributed by atoms with van der Waals surface area (Å²) in [6, 6.07) is 19.1. The van der Waals surface area contributed by atoms with Crippen molar-refractivity contribution in [2.45, 2.75) is 39.5 Å². The Balaban J connectivity index is 1.81. The van der Waals surface area contributed by atoms with E-state index in [1.54, 1.807) is 0 Å². The van der Waals surface area contributed by atoms with Crippen LogP contribution in [0, 0.1) is 5.82 Å². The van der Waals surface area contributed by atoms with Crippen LogP contribution in [0.5, 0.6) is 5.75 Å². The molecule has 3 heteroatoms. The van der Waals surface area contributed by atoms with Crippen LogP contribution >= 0.6 is 0 Å². The molecule has 0 saturated heterocycles. The molecule has 0 aromatic heterocycles. The van der Waals surface area contributed by atoms with Gasteiger partial charge in [0, 0.05) is 18.7 Å². The van der Waals surface area contributed by atoms with E-state index in [1.165, 1.54) is 28.5 Å². The predicted octanol–water partition coefficient (Wildman–Crippen LogP) is 5.45. The summed E-state index contributed by atoms with van der Waals surface area (Å²) in [7, 11) is 0. The molecule has 2 nitrogen and oxygen atoms in total. The van der Waals surface area contributed by atoms with Crippen molar-refractivity contribution in [1.82, 2.24) is 5.32 Å². The Labute approximate surface area is 148 Å². The highest BCUT2D eigenvalue weighted by atomic mass is 19.1. The van der Waals surface area contributed by atoms with Crippen molar-refractivity contribution in [1.29, 1.82) is 0 Å². The zero-order valence-corrected chi connectivity index (χ0v) is 14.8. The first kappa shape index (κ1) is 17.4. The van der Waals surface area contributed by atoms with Crippen LogP contribution in [-0.4, -0.2) is 6.10 Å². The molecule has 0 saturated carbocycles. The fourth-order valence-electron chi connectivity index (χ4n) is 2.84. The van der Waals surface area contributed by atoms with Crippen LogP contribution in [-0.2, 0) is 13.1 Å². The molecular formula is C22H24FNO. The number of rotatable bonds is 7. The third-order valence-corrected chi connectivity index (χ3v) is 4.44. The molecule has 0 aliphatic heterocycles. The Kier molecular flexibility index (Phi) is 5.67. The lowest BCUT2D eigenvalue weighted by Crippen LogP contribution is -2.16. The topological polar surface area (TPSA) is 21.3 Å². The largest absolute Gasteiger partial charge is 0.490 e. The Morgan fingerprint density at radius 3 is 2.48 bits per heavy atom. The average Bonchev–Trinajstić information content (AvgIpc) is 2.64. The van der Waals surface area contributed by atoms with E-state index in [1.807, 2.05) is 18.2 Å². The van der Waals surface area contributed by atoms with Gasteiger partial charge >= 0.3 is 0 Å². The number of hydrogen-bond acceptors (Lipinski definition) is 2. The van der Waals surface area contributed by atoms with Gasteiger partial charge in [0.15, 0.2) is 0 Å². The Morgan fingerprint density at radius 2 is 1.72 bits per heavy atom. The van der Waals surface area contributed by atoms with Crippen LogP contribution < -0.4 is 10.1 Å². The van der Waals surface area contributed by atoms with Crippen LogP contribution in [0.15, 0.2) is 60.7 Å². The Morgan fingerprint density at radius 1 is 0.960 bits per heavy atom. The molecule has 0 bridgehead atoms. The summed E-state index contributed by atoms with van der Waals surface area (Å²) in [4.78, 5) is 0. The summed E-state index contributed by atoms with van der Waals surface area (Å²) >= 11 is 0. The molecule has 1 unspecified atom stereocenters. The van der Waals surface area contributed by atoms with Crippen LogP contribution in [0.4, 0.5) is 4.39 Å². The molecule has 0 radical (unpaired) electrons. The van der Waals surface area contributed by atoms with Crippen molar-refractivity contribution >= 4 is 10.8 Å². The predicted molar refractivity (Wildman–Crippen MR) is 101 cm³/mol. The van der Waals surface area contributed by atoms with E-state index in [4.69, 9.17) is 4.74 Å². The second kappa shape index (κ2) is 8.13. The minimum absolute atomic E-state index is 0.178. The van der Waals surface area contributed by atoms with Crippen molar-refractivity contribution in [2.75, 3.05) is 0 Å². The molecule has 0 spiro atoms. The second-order valence-corrected chi connectivity index (χ2v) is 6.33. The summed E-state index contributed by atoms with van der Waals surface area (Å²) in [5.74, 6) is 0.724. The smallest absolute Gasteiger partial charge is 0.124 e. The van der Waals surface area contributed by atoms with Crippen LogP contribution in [0.3, 0.4) is 0 Å². The van der Waals surface area contributed by atoms with Gasteiger partial charge in [-0.05, 0) is 47.9 Å². The summed E-state index contributed by atoms with van der Waals surface area (Å²) in [6.45, 7) is 5.60. The van der Waals surface area contributed by atoms with Crippen molar-refractivity contribution < 1.29 is 9.13 Å². The normalized spacial score (nSPS) is 12.3. The number of hydrogen-bond donors (Lipinski definition) is 1. The van der Waals surface area contributed by atoms with Gasteiger partial charge < -0.3 is 10.1 Å².